The quantitative estimate of drug-likeness (QED) is 0.716. The Balaban J connectivity index is 1.85. The number of methoxy groups -OCH3 is 2. The maximum Gasteiger partial charge on any atom is 0.271 e. The molecule has 2 rings (SSSR count). The van der Waals surface area contributed by atoms with Crippen LogP contribution in [0, 0.1) is 5.92 Å². The Morgan fingerprint density at radius 3 is 2.50 bits per heavy atom. The summed E-state index contributed by atoms with van der Waals surface area (Å²) >= 11 is 0. The Kier molecular flexibility index (Phi) is 7.20. The maximum absolute atomic E-state index is 12.2. The number of benzene rings is 1. The monoisotopic (exact) mass is 358 g/mol. The van der Waals surface area contributed by atoms with E-state index in [4.69, 9.17) is 9.47 Å². The van der Waals surface area contributed by atoms with Gasteiger partial charge in [0, 0.05) is 13.1 Å². The van der Waals surface area contributed by atoms with E-state index >= 15 is 0 Å². The summed E-state index contributed by atoms with van der Waals surface area (Å²) in [5, 5.41) is 6.02. The number of carbonyl (C=O) groups excluding carboxylic acids is 1. The fourth-order valence-corrected chi connectivity index (χ4v) is 2.29. The zero-order valence-electron chi connectivity index (χ0n) is 15.7. The number of nitrogens with zero attached hydrogens (tertiary/aromatic N) is 2. The molecule has 0 atom stereocenters. The number of carbonyl (C=O) groups is 1. The molecule has 1 aromatic carbocycles. The van der Waals surface area contributed by atoms with Gasteiger partial charge < -0.3 is 20.1 Å². The highest BCUT2D eigenvalue weighted by Crippen LogP contribution is 2.27. The van der Waals surface area contributed by atoms with Crippen molar-refractivity contribution in [3.8, 4) is 11.5 Å². The molecule has 2 aromatic rings. The van der Waals surface area contributed by atoms with Crippen LogP contribution in [-0.4, -0.2) is 43.2 Å². The van der Waals surface area contributed by atoms with Gasteiger partial charge in [0.05, 0.1) is 26.6 Å². The first-order valence-electron chi connectivity index (χ1n) is 8.58. The van der Waals surface area contributed by atoms with Gasteiger partial charge in [0.25, 0.3) is 5.91 Å². The molecule has 0 aliphatic heterocycles. The zero-order chi connectivity index (χ0) is 18.9. The molecule has 0 saturated carbocycles. The van der Waals surface area contributed by atoms with Gasteiger partial charge in [-0.2, -0.15) is 0 Å². The summed E-state index contributed by atoms with van der Waals surface area (Å²) in [6, 6.07) is 5.70. The van der Waals surface area contributed by atoms with Gasteiger partial charge in [0.2, 0.25) is 0 Å². The second kappa shape index (κ2) is 9.60. The third-order valence-corrected chi connectivity index (χ3v) is 3.72. The van der Waals surface area contributed by atoms with Gasteiger partial charge in [-0.3, -0.25) is 4.79 Å². The number of ether oxygens (including phenoxy) is 2. The van der Waals surface area contributed by atoms with Crippen molar-refractivity contribution < 1.29 is 14.3 Å². The number of nitrogens with one attached hydrogen (secondary N) is 2. The molecule has 0 aliphatic rings. The third-order valence-electron chi connectivity index (χ3n) is 3.72. The number of hydrogen-bond donors (Lipinski definition) is 2. The van der Waals surface area contributed by atoms with Gasteiger partial charge in [-0.1, -0.05) is 19.9 Å². The smallest absolute Gasteiger partial charge is 0.271 e. The average molecular weight is 358 g/mol. The number of rotatable bonds is 9. The molecule has 0 unspecified atom stereocenters. The minimum absolute atomic E-state index is 0.242. The molecule has 0 radical (unpaired) electrons. The second-order valence-corrected chi connectivity index (χ2v) is 6.26. The normalized spacial score (nSPS) is 10.5. The van der Waals surface area contributed by atoms with Crippen LogP contribution >= 0.6 is 0 Å². The molecule has 0 fully saturated rings. The van der Waals surface area contributed by atoms with E-state index in [2.05, 4.69) is 34.4 Å². The topological polar surface area (TPSA) is 85.4 Å². The molecule has 0 saturated heterocycles. The van der Waals surface area contributed by atoms with E-state index in [1.165, 1.54) is 6.20 Å². The molecule has 7 nitrogen and oxygen atoms in total. The highest BCUT2D eigenvalue weighted by Gasteiger charge is 2.09. The molecule has 0 aliphatic carbocycles. The first-order chi connectivity index (χ1) is 12.5. The molecule has 1 heterocycles. The van der Waals surface area contributed by atoms with Gasteiger partial charge in [-0.25, -0.2) is 9.97 Å². The summed E-state index contributed by atoms with van der Waals surface area (Å²) in [5.41, 5.74) is 1.34. The van der Waals surface area contributed by atoms with E-state index in [1.54, 1.807) is 20.4 Å². The predicted molar refractivity (Wildman–Crippen MR) is 101 cm³/mol. The van der Waals surface area contributed by atoms with Gasteiger partial charge >= 0.3 is 0 Å². The van der Waals surface area contributed by atoms with Crippen molar-refractivity contribution in [3.05, 3.63) is 41.9 Å². The van der Waals surface area contributed by atoms with Crippen LogP contribution < -0.4 is 20.1 Å². The molecule has 2 N–H and O–H groups in total. The van der Waals surface area contributed by atoms with Crippen LogP contribution in [0.1, 0.15) is 29.9 Å². The van der Waals surface area contributed by atoms with Crippen LogP contribution in [0.5, 0.6) is 11.5 Å². The fraction of sp³-hybridized carbons (Fsp3) is 0.421. The van der Waals surface area contributed by atoms with Gasteiger partial charge in [0.1, 0.15) is 11.5 Å². The van der Waals surface area contributed by atoms with Crippen LogP contribution in [0.3, 0.4) is 0 Å². The van der Waals surface area contributed by atoms with Gasteiger partial charge in [0.15, 0.2) is 11.5 Å². The molecular formula is C19H26N4O3. The lowest BCUT2D eigenvalue weighted by molar-refractivity contribution is 0.0949. The van der Waals surface area contributed by atoms with Crippen LogP contribution in [0.4, 0.5) is 5.82 Å². The molecule has 1 amide bonds. The van der Waals surface area contributed by atoms with Crippen molar-refractivity contribution in [3.63, 3.8) is 0 Å². The lowest BCUT2D eigenvalue weighted by atomic mass is 10.1. The summed E-state index contributed by atoms with van der Waals surface area (Å²) in [6.07, 6.45) is 3.73. The summed E-state index contributed by atoms with van der Waals surface area (Å²) in [4.78, 5) is 20.5. The third kappa shape index (κ3) is 5.61. The molecule has 1 aromatic heterocycles. The van der Waals surface area contributed by atoms with E-state index in [0.29, 0.717) is 41.9 Å². The molecule has 7 heteroatoms. The van der Waals surface area contributed by atoms with Gasteiger partial charge in [-0.15, -0.1) is 0 Å². The highest BCUT2D eigenvalue weighted by molar-refractivity contribution is 5.91. The van der Waals surface area contributed by atoms with E-state index in [0.717, 1.165) is 12.1 Å². The number of amides is 1. The predicted octanol–water partition coefficient (Wildman–Crippen LogP) is 2.53. The Bertz CT molecular complexity index is 717. The van der Waals surface area contributed by atoms with E-state index in [9.17, 15) is 4.79 Å². The molecule has 0 spiro atoms. The lowest BCUT2D eigenvalue weighted by Crippen LogP contribution is -2.26. The standard InChI is InChI=1S/C19H26N4O3/c1-13(2)10-22-18-12-21-15(11-23-18)19(24)20-8-7-14-5-6-16(25-3)17(9-14)26-4/h5-6,9,11-13H,7-8,10H2,1-4H3,(H,20,24)(H,22,23). The van der Waals surface area contributed by atoms with E-state index < -0.39 is 0 Å². The van der Waals surface area contributed by atoms with Crippen molar-refractivity contribution in [1.29, 1.82) is 0 Å². The lowest BCUT2D eigenvalue weighted by Gasteiger charge is -2.10. The van der Waals surface area contributed by atoms with Crippen LogP contribution in [0.25, 0.3) is 0 Å². The van der Waals surface area contributed by atoms with Crippen LogP contribution in [0.15, 0.2) is 30.6 Å². The number of aromatic nitrogens is 2. The van der Waals surface area contributed by atoms with E-state index in [1.807, 2.05) is 18.2 Å². The SMILES string of the molecule is COc1ccc(CCNC(=O)c2cnc(NCC(C)C)cn2)cc1OC. The van der Waals surface area contributed by atoms with Crippen LogP contribution in [-0.2, 0) is 6.42 Å². The first-order valence-corrected chi connectivity index (χ1v) is 8.58. The first kappa shape index (κ1) is 19.5. The second-order valence-electron chi connectivity index (χ2n) is 6.26. The largest absolute Gasteiger partial charge is 0.493 e. The van der Waals surface area contributed by atoms with Gasteiger partial charge in [-0.05, 0) is 30.0 Å². The van der Waals surface area contributed by atoms with Crippen molar-refractivity contribution in [2.24, 2.45) is 5.92 Å². The Hall–Kier alpha value is -2.83. The van der Waals surface area contributed by atoms with Crippen molar-refractivity contribution in [2.45, 2.75) is 20.3 Å². The van der Waals surface area contributed by atoms with Crippen molar-refractivity contribution in [1.82, 2.24) is 15.3 Å². The number of hydrogen-bond acceptors (Lipinski definition) is 6. The van der Waals surface area contributed by atoms with E-state index in [-0.39, 0.29) is 5.91 Å². The summed E-state index contributed by atoms with van der Waals surface area (Å²) in [6.45, 7) is 5.52. The maximum atomic E-state index is 12.2. The summed E-state index contributed by atoms with van der Waals surface area (Å²) in [5.74, 6) is 2.29. The fourth-order valence-electron chi connectivity index (χ4n) is 2.29. The Morgan fingerprint density at radius 1 is 1.12 bits per heavy atom. The Labute approximate surface area is 154 Å². The Morgan fingerprint density at radius 2 is 1.88 bits per heavy atom. The van der Waals surface area contributed by atoms with Crippen LogP contribution in [0.2, 0.25) is 0 Å². The minimum atomic E-state index is -0.242. The van der Waals surface area contributed by atoms with Crippen molar-refractivity contribution in [2.75, 3.05) is 32.6 Å². The zero-order valence-corrected chi connectivity index (χ0v) is 15.7. The summed E-state index contributed by atoms with van der Waals surface area (Å²) < 4.78 is 10.5. The molecule has 140 valence electrons. The van der Waals surface area contributed by atoms with Crippen molar-refractivity contribution >= 4 is 11.7 Å². The molecule has 0 bridgehead atoms. The number of anilines is 1. The minimum Gasteiger partial charge on any atom is -0.493 e. The average Bonchev–Trinajstić information content (AvgIpc) is 2.66. The highest BCUT2D eigenvalue weighted by atomic mass is 16.5. The summed E-state index contributed by atoms with van der Waals surface area (Å²) in [7, 11) is 3.20. The molecular weight excluding hydrogens is 332 g/mol. The molecule has 26 heavy (non-hydrogen) atoms.